The van der Waals surface area contributed by atoms with E-state index in [9.17, 15) is 4.79 Å². The van der Waals surface area contributed by atoms with Crippen molar-refractivity contribution in [2.75, 3.05) is 13.6 Å². The number of furan rings is 1. The molecule has 106 valence electrons. The van der Waals surface area contributed by atoms with E-state index in [2.05, 4.69) is 6.58 Å². The Hall–Kier alpha value is -1.74. The molecular formula is C16H18ClNO2. The molecule has 20 heavy (non-hydrogen) atoms. The molecule has 1 aromatic carbocycles. The number of unbranched alkanes of at least 4 members (excludes halogenated alkanes) is 1. The zero-order valence-corrected chi connectivity index (χ0v) is 12.5. The first-order valence-electron chi connectivity index (χ1n) is 6.60. The highest BCUT2D eigenvalue weighted by molar-refractivity contribution is 6.35. The first-order chi connectivity index (χ1) is 9.56. The third-order valence-corrected chi connectivity index (χ3v) is 3.66. The first-order valence-corrected chi connectivity index (χ1v) is 6.98. The van der Waals surface area contributed by atoms with Crippen LogP contribution < -0.4 is 0 Å². The summed E-state index contributed by atoms with van der Waals surface area (Å²) in [4.78, 5) is 14.1. The molecule has 3 nitrogen and oxygen atoms in total. The van der Waals surface area contributed by atoms with Gasteiger partial charge in [0.25, 0.3) is 5.91 Å². The van der Waals surface area contributed by atoms with Gasteiger partial charge in [-0.05, 0) is 25.8 Å². The van der Waals surface area contributed by atoms with Crippen LogP contribution in [0.3, 0.4) is 0 Å². The van der Waals surface area contributed by atoms with Crippen molar-refractivity contribution in [3.63, 3.8) is 0 Å². The Morgan fingerprint density at radius 1 is 1.50 bits per heavy atom. The maximum atomic E-state index is 12.4. The summed E-state index contributed by atoms with van der Waals surface area (Å²) >= 11 is 6.10. The summed E-state index contributed by atoms with van der Waals surface area (Å²) in [5.74, 6) is 0.257. The van der Waals surface area contributed by atoms with Crippen LogP contribution in [0, 0.1) is 6.92 Å². The molecule has 2 rings (SSSR count). The number of carbonyl (C=O) groups is 1. The van der Waals surface area contributed by atoms with Gasteiger partial charge in [0.2, 0.25) is 0 Å². The number of halogens is 1. The van der Waals surface area contributed by atoms with Gasteiger partial charge >= 0.3 is 0 Å². The van der Waals surface area contributed by atoms with Crippen LogP contribution in [0.4, 0.5) is 0 Å². The third kappa shape index (κ3) is 2.73. The molecule has 0 aliphatic heterocycles. The van der Waals surface area contributed by atoms with Crippen molar-refractivity contribution in [1.82, 2.24) is 4.90 Å². The Labute approximate surface area is 123 Å². The number of amides is 1. The fourth-order valence-corrected chi connectivity index (χ4v) is 2.37. The lowest BCUT2D eigenvalue weighted by molar-refractivity contribution is 0.0764. The van der Waals surface area contributed by atoms with E-state index >= 15 is 0 Å². The topological polar surface area (TPSA) is 33.5 Å². The van der Waals surface area contributed by atoms with Crippen molar-refractivity contribution in [2.24, 2.45) is 0 Å². The summed E-state index contributed by atoms with van der Waals surface area (Å²) in [5, 5.41) is 1.42. The lowest BCUT2D eigenvalue weighted by Crippen LogP contribution is -2.27. The molecule has 0 aliphatic carbocycles. The second kappa shape index (κ2) is 6.14. The van der Waals surface area contributed by atoms with Crippen LogP contribution in [0.25, 0.3) is 11.0 Å². The molecule has 0 N–H and O–H groups in total. The van der Waals surface area contributed by atoms with Crippen LogP contribution in [0.2, 0.25) is 5.02 Å². The number of allylic oxidation sites excluding steroid dienone is 1. The molecule has 2 aromatic rings. The predicted molar refractivity (Wildman–Crippen MR) is 82.4 cm³/mol. The Bertz CT molecular complexity index is 645. The van der Waals surface area contributed by atoms with Crippen LogP contribution in [0.1, 0.15) is 29.0 Å². The van der Waals surface area contributed by atoms with Crippen molar-refractivity contribution in [3.05, 3.63) is 47.2 Å². The molecule has 0 bridgehead atoms. The smallest absolute Gasteiger partial charge is 0.289 e. The van der Waals surface area contributed by atoms with Crippen molar-refractivity contribution in [1.29, 1.82) is 0 Å². The van der Waals surface area contributed by atoms with Crippen LogP contribution in [0.5, 0.6) is 0 Å². The first kappa shape index (κ1) is 14.7. The molecule has 0 saturated carbocycles. The standard InChI is InChI=1S/C16H18ClNO2/c1-4-5-6-10-18(3)16(19)14-11(2)12-8-7-9-13(17)15(12)20-14/h4,7-9H,1,5-6,10H2,2-3H3. The Morgan fingerprint density at radius 2 is 2.25 bits per heavy atom. The minimum absolute atomic E-state index is 0.112. The third-order valence-electron chi connectivity index (χ3n) is 3.36. The van der Waals surface area contributed by atoms with Gasteiger partial charge < -0.3 is 9.32 Å². The average molecular weight is 292 g/mol. The van der Waals surface area contributed by atoms with Gasteiger partial charge in [0.15, 0.2) is 11.3 Å². The minimum atomic E-state index is -0.112. The number of rotatable bonds is 5. The van der Waals surface area contributed by atoms with Gasteiger partial charge in [-0.15, -0.1) is 6.58 Å². The Balaban J connectivity index is 2.28. The number of hydrogen-bond acceptors (Lipinski definition) is 2. The van der Waals surface area contributed by atoms with Crippen LogP contribution >= 0.6 is 11.6 Å². The van der Waals surface area contributed by atoms with Crippen molar-refractivity contribution < 1.29 is 9.21 Å². The number of nitrogens with zero attached hydrogens (tertiary/aromatic N) is 1. The quantitative estimate of drug-likeness (QED) is 0.603. The SMILES string of the molecule is C=CCCCN(C)C(=O)c1oc2c(Cl)cccc2c1C. The average Bonchev–Trinajstić information content (AvgIpc) is 2.77. The molecule has 1 aromatic heterocycles. The fraction of sp³-hybridized carbons (Fsp3) is 0.312. The number of hydrogen-bond donors (Lipinski definition) is 0. The Kier molecular flexibility index (Phi) is 4.50. The van der Waals surface area contributed by atoms with Gasteiger partial charge in [-0.25, -0.2) is 0 Å². The molecule has 0 atom stereocenters. The van der Waals surface area contributed by atoms with E-state index in [1.54, 1.807) is 18.0 Å². The van der Waals surface area contributed by atoms with E-state index < -0.39 is 0 Å². The monoisotopic (exact) mass is 291 g/mol. The second-order valence-corrected chi connectivity index (χ2v) is 5.24. The molecule has 0 aliphatic rings. The molecule has 0 unspecified atom stereocenters. The number of aryl methyl sites for hydroxylation is 1. The highest BCUT2D eigenvalue weighted by Gasteiger charge is 2.21. The lowest BCUT2D eigenvalue weighted by Gasteiger charge is -2.15. The van der Waals surface area contributed by atoms with Gasteiger partial charge in [-0.1, -0.05) is 29.8 Å². The van der Waals surface area contributed by atoms with E-state index in [0.29, 0.717) is 22.9 Å². The van der Waals surface area contributed by atoms with E-state index in [0.717, 1.165) is 23.8 Å². The lowest BCUT2D eigenvalue weighted by atomic mass is 10.1. The molecule has 0 spiro atoms. The molecule has 4 heteroatoms. The van der Waals surface area contributed by atoms with Gasteiger partial charge in [0, 0.05) is 24.5 Å². The van der Waals surface area contributed by atoms with Gasteiger partial charge in [0.1, 0.15) is 0 Å². The summed E-state index contributed by atoms with van der Waals surface area (Å²) in [6, 6.07) is 5.53. The largest absolute Gasteiger partial charge is 0.449 e. The molecule has 1 heterocycles. The summed E-state index contributed by atoms with van der Waals surface area (Å²) in [5.41, 5.74) is 1.41. The van der Waals surface area contributed by atoms with E-state index in [1.165, 1.54) is 0 Å². The van der Waals surface area contributed by atoms with E-state index in [1.807, 2.05) is 25.1 Å². The number of benzene rings is 1. The van der Waals surface area contributed by atoms with Gasteiger partial charge in [-0.2, -0.15) is 0 Å². The van der Waals surface area contributed by atoms with E-state index in [-0.39, 0.29) is 5.91 Å². The van der Waals surface area contributed by atoms with Crippen molar-refractivity contribution in [2.45, 2.75) is 19.8 Å². The minimum Gasteiger partial charge on any atom is -0.449 e. The fourth-order valence-electron chi connectivity index (χ4n) is 2.16. The zero-order valence-electron chi connectivity index (χ0n) is 11.8. The van der Waals surface area contributed by atoms with Gasteiger partial charge in [0.05, 0.1) is 5.02 Å². The van der Waals surface area contributed by atoms with Crippen LogP contribution in [0.15, 0.2) is 35.3 Å². The van der Waals surface area contributed by atoms with E-state index in [4.69, 9.17) is 16.0 Å². The maximum Gasteiger partial charge on any atom is 0.289 e. The molecule has 0 fully saturated rings. The molecule has 1 amide bonds. The molecular weight excluding hydrogens is 274 g/mol. The van der Waals surface area contributed by atoms with Crippen molar-refractivity contribution in [3.8, 4) is 0 Å². The number of para-hydroxylation sites is 1. The summed E-state index contributed by atoms with van der Waals surface area (Å²) < 4.78 is 5.68. The molecule has 0 radical (unpaired) electrons. The van der Waals surface area contributed by atoms with Crippen LogP contribution in [-0.4, -0.2) is 24.4 Å². The normalized spacial score (nSPS) is 10.8. The number of carbonyl (C=O) groups excluding carboxylic acids is 1. The highest BCUT2D eigenvalue weighted by atomic mass is 35.5. The summed E-state index contributed by atoms with van der Waals surface area (Å²) in [7, 11) is 1.78. The summed E-state index contributed by atoms with van der Waals surface area (Å²) in [6.45, 7) is 6.23. The molecule has 0 saturated heterocycles. The highest BCUT2D eigenvalue weighted by Crippen LogP contribution is 2.31. The summed E-state index contributed by atoms with van der Waals surface area (Å²) in [6.07, 6.45) is 3.64. The van der Waals surface area contributed by atoms with Crippen LogP contribution in [-0.2, 0) is 0 Å². The zero-order chi connectivity index (χ0) is 14.7. The van der Waals surface area contributed by atoms with Crippen molar-refractivity contribution >= 4 is 28.5 Å². The number of fused-ring (bicyclic) bond motifs is 1. The predicted octanol–water partition coefficient (Wildman–Crippen LogP) is 4.43. The van der Waals surface area contributed by atoms with Gasteiger partial charge in [-0.3, -0.25) is 4.79 Å². The Morgan fingerprint density at radius 3 is 2.90 bits per heavy atom. The maximum absolute atomic E-state index is 12.4. The second-order valence-electron chi connectivity index (χ2n) is 4.83.